The normalized spacial score (nSPS) is 11.6. The van der Waals surface area contributed by atoms with Crippen molar-refractivity contribution in [1.29, 1.82) is 0 Å². The first-order valence-corrected chi connectivity index (χ1v) is 9.50. The number of aryl methyl sites for hydroxylation is 1. The maximum absolute atomic E-state index is 11.2. The summed E-state index contributed by atoms with van der Waals surface area (Å²) in [6.07, 6.45) is 5.33. The van der Waals surface area contributed by atoms with Crippen molar-refractivity contribution in [2.24, 2.45) is 0 Å². The SMILES string of the molecule is Cc1noc(/C=C\c2cn(Cc3ccc(Cl)cc3Cl)c3ccccc23)c1[N+](=O)[O-]. The molecule has 2 aromatic carbocycles. The molecule has 0 N–H and O–H groups in total. The van der Waals surface area contributed by atoms with E-state index in [9.17, 15) is 10.1 Å². The summed E-state index contributed by atoms with van der Waals surface area (Å²) >= 11 is 12.3. The number of nitrogens with zero attached hydrogens (tertiary/aromatic N) is 3. The van der Waals surface area contributed by atoms with Crippen LogP contribution in [0.3, 0.4) is 0 Å². The molecule has 0 spiro atoms. The smallest absolute Gasteiger partial charge is 0.338 e. The van der Waals surface area contributed by atoms with Crippen molar-refractivity contribution in [2.45, 2.75) is 13.5 Å². The van der Waals surface area contributed by atoms with Crippen LogP contribution in [0, 0.1) is 17.0 Å². The fourth-order valence-electron chi connectivity index (χ4n) is 3.25. The fourth-order valence-corrected chi connectivity index (χ4v) is 3.72. The molecule has 0 amide bonds. The van der Waals surface area contributed by atoms with Crippen LogP contribution < -0.4 is 0 Å². The Labute approximate surface area is 176 Å². The van der Waals surface area contributed by atoms with E-state index in [1.807, 2.05) is 36.5 Å². The molecular weight excluding hydrogens is 413 g/mol. The fraction of sp³-hybridized carbons (Fsp3) is 0.0952. The second-order valence-electron chi connectivity index (χ2n) is 6.54. The maximum atomic E-state index is 11.2. The third-order valence-corrected chi connectivity index (χ3v) is 5.22. The van der Waals surface area contributed by atoms with E-state index in [1.54, 1.807) is 31.2 Å². The Balaban J connectivity index is 1.74. The van der Waals surface area contributed by atoms with Crippen molar-refractivity contribution in [3.05, 3.63) is 91.4 Å². The molecule has 2 heterocycles. The molecule has 6 nitrogen and oxygen atoms in total. The average molecular weight is 428 g/mol. The Bertz CT molecular complexity index is 1260. The summed E-state index contributed by atoms with van der Waals surface area (Å²) in [6, 6.07) is 13.3. The summed E-state index contributed by atoms with van der Waals surface area (Å²) in [7, 11) is 0. The highest BCUT2D eigenvalue weighted by molar-refractivity contribution is 6.35. The van der Waals surface area contributed by atoms with Crippen LogP contribution in [0.25, 0.3) is 23.1 Å². The highest BCUT2D eigenvalue weighted by Gasteiger charge is 2.22. The highest BCUT2D eigenvalue weighted by atomic mass is 35.5. The molecule has 0 saturated heterocycles. The molecule has 0 aliphatic heterocycles. The van der Waals surface area contributed by atoms with Crippen molar-refractivity contribution in [2.75, 3.05) is 0 Å². The van der Waals surface area contributed by atoms with Crippen LogP contribution in [0.5, 0.6) is 0 Å². The van der Waals surface area contributed by atoms with Gasteiger partial charge in [-0.15, -0.1) is 0 Å². The maximum Gasteiger partial charge on any atom is 0.338 e. The van der Waals surface area contributed by atoms with Gasteiger partial charge in [-0.25, -0.2) is 0 Å². The lowest BCUT2D eigenvalue weighted by Gasteiger charge is -2.08. The molecule has 0 aliphatic carbocycles. The van der Waals surface area contributed by atoms with Crippen LogP contribution in [0.4, 0.5) is 5.69 Å². The van der Waals surface area contributed by atoms with Gasteiger partial charge in [-0.2, -0.15) is 0 Å². The molecule has 4 rings (SSSR count). The number of rotatable bonds is 5. The standard InChI is InChI=1S/C21H15Cl2N3O3/c1-13-21(26(27)28)20(29-24-13)9-7-14-11-25(19-5-3-2-4-17(14)19)12-15-6-8-16(22)10-18(15)23/h2-11H,12H2,1H3/b9-7-. The van der Waals surface area contributed by atoms with E-state index >= 15 is 0 Å². The van der Waals surface area contributed by atoms with Gasteiger partial charge in [0, 0.05) is 39.3 Å². The number of hydrogen-bond acceptors (Lipinski definition) is 4. The monoisotopic (exact) mass is 427 g/mol. The first-order chi connectivity index (χ1) is 13.9. The molecule has 0 radical (unpaired) electrons. The number of halogens is 2. The molecule has 0 bridgehead atoms. The number of aromatic nitrogens is 2. The molecule has 0 atom stereocenters. The quantitative estimate of drug-likeness (QED) is 0.273. The van der Waals surface area contributed by atoms with Gasteiger partial charge in [0.25, 0.3) is 0 Å². The molecule has 146 valence electrons. The highest BCUT2D eigenvalue weighted by Crippen LogP contribution is 2.29. The van der Waals surface area contributed by atoms with E-state index < -0.39 is 4.92 Å². The van der Waals surface area contributed by atoms with Gasteiger partial charge in [-0.05, 0) is 42.8 Å². The van der Waals surface area contributed by atoms with Gasteiger partial charge in [0.1, 0.15) is 0 Å². The van der Waals surface area contributed by atoms with E-state index in [2.05, 4.69) is 9.72 Å². The van der Waals surface area contributed by atoms with Crippen LogP contribution in [0.15, 0.2) is 53.2 Å². The van der Waals surface area contributed by atoms with Crippen LogP contribution in [0.1, 0.15) is 22.6 Å². The van der Waals surface area contributed by atoms with Crippen molar-refractivity contribution < 1.29 is 9.45 Å². The first-order valence-electron chi connectivity index (χ1n) is 8.74. The zero-order chi connectivity index (χ0) is 20.5. The number of para-hydroxylation sites is 1. The van der Waals surface area contributed by atoms with Crippen LogP contribution in [0.2, 0.25) is 10.0 Å². The molecule has 0 aliphatic rings. The Morgan fingerprint density at radius 2 is 2.00 bits per heavy atom. The molecule has 0 fully saturated rings. The van der Waals surface area contributed by atoms with Gasteiger partial charge in [0.2, 0.25) is 5.76 Å². The summed E-state index contributed by atoms with van der Waals surface area (Å²) in [5.41, 5.74) is 2.97. The largest absolute Gasteiger partial charge is 0.349 e. The Morgan fingerprint density at radius 3 is 2.76 bits per heavy atom. The van der Waals surface area contributed by atoms with Crippen LogP contribution in [-0.2, 0) is 6.54 Å². The van der Waals surface area contributed by atoms with E-state index in [-0.39, 0.29) is 17.1 Å². The zero-order valence-corrected chi connectivity index (χ0v) is 16.8. The van der Waals surface area contributed by atoms with E-state index in [1.165, 1.54) is 0 Å². The lowest BCUT2D eigenvalue weighted by molar-refractivity contribution is -0.386. The van der Waals surface area contributed by atoms with Crippen molar-refractivity contribution >= 4 is 51.9 Å². The van der Waals surface area contributed by atoms with Gasteiger partial charge >= 0.3 is 5.69 Å². The van der Waals surface area contributed by atoms with Crippen LogP contribution in [-0.4, -0.2) is 14.6 Å². The minimum absolute atomic E-state index is 0.116. The molecule has 4 aromatic rings. The third-order valence-electron chi connectivity index (χ3n) is 4.63. The number of hydrogen-bond donors (Lipinski definition) is 0. The van der Waals surface area contributed by atoms with Gasteiger partial charge < -0.3 is 9.09 Å². The first kappa shape index (κ1) is 19.2. The summed E-state index contributed by atoms with van der Waals surface area (Å²) in [4.78, 5) is 10.7. The Morgan fingerprint density at radius 1 is 1.21 bits per heavy atom. The third kappa shape index (κ3) is 3.77. The molecular formula is C21H15Cl2N3O3. The minimum atomic E-state index is -0.489. The predicted molar refractivity (Wildman–Crippen MR) is 114 cm³/mol. The molecule has 29 heavy (non-hydrogen) atoms. The Hall–Kier alpha value is -3.09. The summed E-state index contributed by atoms with van der Waals surface area (Å²) in [5, 5.41) is 17.1. The second-order valence-corrected chi connectivity index (χ2v) is 7.38. The number of nitro groups is 1. The Kier molecular flexibility index (Phi) is 5.13. The molecule has 8 heteroatoms. The van der Waals surface area contributed by atoms with E-state index in [0.29, 0.717) is 16.6 Å². The van der Waals surface area contributed by atoms with Crippen LogP contribution >= 0.6 is 23.2 Å². The van der Waals surface area contributed by atoms with Crippen molar-refractivity contribution in [1.82, 2.24) is 9.72 Å². The van der Waals surface area contributed by atoms with E-state index in [4.69, 9.17) is 27.7 Å². The number of benzene rings is 2. The molecule has 2 aromatic heterocycles. The number of fused-ring (bicyclic) bond motifs is 1. The molecule has 0 unspecified atom stereocenters. The molecule has 0 saturated carbocycles. The lowest BCUT2D eigenvalue weighted by atomic mass is 10.1. The predicted octanol–water partition coefficient (Wildman–Crippen LogP) is 6.37. The second kappa shape index (κ2) is 7.73. The average Bonchev–Trinajstić information content (AvgIpc) is 3.23. The van der Waals surface area contributed by atoms with Crippen molar-refractivity contribution in [3.8, 4) is 0 Å². The van der Waals surface area contributed by atoms with Gasteiger partial charge in [-0.3, -0.25) is 10.1 Å². The minimum Gasteiger partial charge on any atom is -0.349 e. The zero-order valence-electron chi connectivity index (χ0n) is 15.3. The van der Waals surface area contributed by atoms with Crippen molar-refractivity contribution in [3.63, 3.8) is 0 Å². The summed E-state index contributed by atoms with van der Waals surface area (Å²) in [6.45, 7) is 2.10. The van der Waals surface area contributed by atoms with E-state index in [0.717, 1.165) is 22.0 Å². The summed E-state index contributed by atoms with van der Waals surface area (Å²) < 4.78 is 7.18. The topological polar surface area (TPSA) is 74.1 Å². The lowest BCUT2D eigenvalue weighted by Crippen LogP contribution is -1.98. The van der Waals surface area contributed by atoms with Gasteiger partial charge in [-0.1, -0.05) is 52.6 Å². The van der Waals surface area contributed by atoms with Gasteiger partial charge in [0.05, 0.1) is 4.92 Å². The summed E-state index contributed by atoms with van der Waals surface area (Å²) in [5.74, 6) is 0.116. The van der Waals surface area contributed by atoms with Gasteiger partial charge in [0.15, 0.2) is 5.69 Å².